The Labute approximate surface area is 153 Å². The van der Waals surface area contributed by atoms with E-state index in [1.165, 1.54) is 12.1 Å². The van der Waals surface area contributed by atoms with Crippen LogP contribution in [0.1, 0.15) is 42.3 Å². The Bertz CT molecular complexity index is 732. The first-order valence-corrected chi connectivity index (χ1v) is 8.52. The molecule has 0 radical (unpaired) electrons. The molecule has 0 saturated carbocycles. The largest absolute Gasteiger partial charge is 0.507 e. The number of hydrogen-bond acceptors (Lipinski definition) is 5. The third kappa shape index (κ3) is 5.75. The predicted molar refractivity (Wildman–Crippen MR) is 100 cm³/mol. The highest BCUT2D eigenvalue weighted by atomic mass is 16.5. The molecule has 1 amide bonds. The topological polar surface area (TPSA) is 105 Å². The van der Waals surface area contributed by atoms with Crippen LogP contribution in [0.25, 0.3) is 0 Å². The number of carbonyl (C=O) groups is 1. The number of aromatic hydroxyl groups is 1. The Morgan fingerprint density at radius 1 is 1.23 bits per heavy atom. The van der Waals surface area contributed by atoms with Gasteiger partial charge in [0.15, 0.2) is 0 Å². The van der Waals surface area contributed by atoms with E-state index >= 15 is 0 Å². The molecule has 2 rings (SSSR count). The molecule has 0 heterocycles. The quantitative estimate of drug-likeness (QED) is 0.551. The van der Waals surface area contributed by atoms with Crippen molar-refractivity contribution in [1.82, 2.24) is 5.32 Å². The van der Waals surface area contributed by atoms with Crippen LogP contribution in [0.3, 0.4) is 0 Å². The zero-order valence-electron chi connectivity index (χ0n) is 15.1. The van der Waals surface area contributed by atoms with Crippen LogP contribution in [0.4, 0.5) is 0 Å². The molecule has 0 aliphatic rings. The Hall–Kier alpha value is -2.57. The second-order valence-electron chi connectivity index (χ2n) is 6.86. The first-order chi connectivity index (χ1) is 12.3. The molecule has 6 nitrogen and oxygen atoms in total. The van der Waals surface area contributed by atoms with E-state index in [4.69, 9.17) is 10.5 Å². The van der Waals surface area contributed by atoms with Gasteiger partial charge in [-0.3, -0.25) is 4.79 Å². The Balaban J connectivity index is 1.83. The number of nitrogens with two attached hydrogens (primary N) is 1. The number of amides is 1. The van der Waals surface area contributed by atoms with Crippen molar-refractivity contribution in [2.45, 2.75) is 31.9 Å². The van der Waals surface area contributed by atoms with Crippen molar-refractivity contribution in [3.05, 3.63) is 59.7 Å². The number of hydrogen-bond donors (Lipinski definition) is 4. The van der Waals surface area contributed by atoms with E-state index in [0.717, 1.165) is 5.56 Å². The molecule has 26 heavy (non-hydrogen) atoms. The molecule has 6 heteroatoms. The van der Waals surface area contributed by atoms with Crippen molar-refractivity contribution in [3.63, 3.8) is 0 Å². The third-order valence-corrected chi connectivity index (χ3v) is 4.04. The Kier molecular flexibility index (Phi) is 6.60. The summed E-state index contributed by atoms with van der Waals surface area (Å²) in [5, 5.41) is 23.2. The summed E-state index contributed by atoms with van der Waals surface area (Å²) < 4.78 is 5.71. The molecule has 0 spiro atoms. The van der Waals surface area contributed by atoms with Gasteiger partial charge in [0.25, 0.3) is 5.91 Å². The minimum absolute atomic E-state index is 0.0271. The fourth-order valence-corrected chi connectivity index (χ4v) is 2.51. The number of nitrogens with one attached hydrogen (secondary N) is 1. The van der Waals surface area contributed by atoms with E-state index in [2.05, 4.69) is 5.32 Å². The van der Waals surface area contributed by atoms with Crippen molar-refractivity contribution in [1.29, 1.82) is 0 Å². The van der Waals surface area contributed by atoms with E-state index in [1.54, 1.807) is 6.07 Å². The highest BCUT2D eigenvalue weighted by Crippen LogP contribution is 2.23. The summed E-state index contributed by atoms with van der Waals surface area (Å²) in [7, 11) is 0. The number of rotatable bonds is 9. The number of aliphatic hydroxyl groups is 1. The number of benzene rings is 2. The lowest BCUT2D eigenvalue weighted by molar-refractivity contribution is 0.0997. The van der Waals surface area contributed by atoms with E-state index in [-0.39, 0.29) is 16.9 Å². The van der Waals surface area contributed by atoms with Crippen LogP contribution in [0.5, 0.6) is 11.5 Å². The molecule has 2 aromatic carbocycles. The minimum Gasteiger partial charge on any atom is -0.507 e. The second-order valence-corrected chi connectivity index (χ2v) is 6.86. The van der Waals surface area contributed by atoms with Crippen molar-refractivity contribution in [3.8, 4) is 11.5 Å². The van der Waals surface area contributed by atoms with Gasteiger partial charge in [-0.25, -0.2) is 0 Å². The van der Waals surface area contributed by atoms with Crippen molar-refractivity contribution in [2.75, 3.05) is 13.2 Å². The summed E-state index contributed by atoms with van der Waals surface area (Å²) in [5.74, 6) is -0.423. The van der Waals surface area contributed by atoms with Gasteiger partial charge in [0.05, 0.1) is 11.7 Å². The molecule has 0 aromatic heterocycles. The lowest BCUT2D eigenvalue weighted by atomic mass is 10.0. The maximum atomic E-state index is 11.3. The van der Waals surface area contributed by atoms with Crippen LogP contribution in [0.2, 0.25) is 0 Å². The SMILES string of the molecule is CC(C)(COc1ccc(O)c(C(N)=O)c1)NCC[C@@H](O)c1ccccc1. The number of phenols is 1. The molecule has 0 saturated heterocycles. The fourth-order valence-electron chi connectivity index (χ4n) is 2.51. The van der Waals surface area contributed by atoms with Crippen LogP contribution in [-0.2, 0) is 0 Å². The minimum atomic E-state index is -0.708. The third-order valence-electron chi connectivity index (χ3n) is 4.04. The highest BCUT2D eigenvalue weighted by Gasteiger charge is 2.19. The van der Waals surface area contributed by atoms with Gasteiger partial charge in [-0.05, 0) is 50.6 Å². The van der Waals surface area contributed by atoms with Crippen LogP contribution >= 0.6 is 0 Å². The van der Waals surface area contributed by atoms with Gasteiger partial charge in [0.1, 0.15) is 18.1 Å². The van der Waals surface area contributed by atoms with E-state index in [0.29, 0.717) is 25.3 Å². The summed E-state index contributed by atoms with van der Waals surface area (Å²) in [5.41, 5.74) is 5.79. The molecular formula is C20H26N2O4. The lowest BCUT2D eigenvalue weighted by Crippen LogP contribution is -2.45. The summed E-state index contributed by atoms with van der Waals surface area (Å²) >= 11 is 0. The van der Waals surface area contributed by atoms with Crippen molar-refractivity contribution < 1.29 is 19.7 Å². The van der Waals surface area contributed by atoms with Gasteiger partial charge in [-0.2, -0.15) is 0 Å². The average Bonchev–Trinajstić information content (AvgIpc) is 2.61. The maximum absolute atomic E-state index is 11.3. The average molecular weight is 358 g/mol. The van der Waals surface area contributed by atoms with Crippen LogP contribution in [-0.4, -0.2) is 34.8 Å². The second kappa shape index (κ2) is 8.69. The summed E-state index contributed by atoms with van der Waals surface area (Å²) in [4.78, 5) is 11.3. The van der Waals surface area contributed by atoms with Gasteiger partial charge in [0, 0.05) is 5.54 Å². The molecule has 5 N–H and O–H groups in total. The molecule has 2 aromatic rings. The zero-order valence-corrected chi connectivity index (χ0v) is 15.1. The normalized spacial score (nSPS) is 12.6. The number of primary amides is 1. The van der Waals surface area contributed by atoms with Gasteiger partial charge < -0.3 is 26.0 Å². The predicted octanol–water partition coefficient (Wildman–Crippen LogP) is 2.36. The maximum Gasteiger partial charge on any atom is 0.252 e. The first-order valence-electron chi connectivity index (χ1n) is 8.52. The van der Waals surface area contributed by atoms with Crippen molar-refractivity contribution >= 4 is 5.91 Å². The van der Waals surface area contributed by atoms with Crippen LogP contribution in [0.15, 0.2) is 48.5 Å². The number of carbonyl (C=O) groups excluding carboxylic acids is 1. The smallest absolute Gasteiger partial charge is 0.252 e. The highest BCUT2D eigenvalue weighted by molar-refractivity contribution is 5.95. The van der Waals surface area contributed by atoms with E-state index in [9.17, 15) is 15.0 Å². The summed E-state index contributed by atoms with van der Waals surface area (Å²) in [6.07, 6.45) is 0.0639. The van der Waals surface area contributed by atoms with Gasteiger partial charge in [0.2, 0.25) is 0 Å². The molecule has 0 aliphatic heterocycles. The molecule has 0 bridgehead atoms. The number of aliphatic hydroxyl groups excluding tert-OH is 1. The Morgan fingerprint density at radius 2 is 1.92 bits per heavy atom. The standard InChI is InChI=1S/C20H26N2O4/c1-20(2,22-11-10-17(23)14-6-4-3-5-7-14)13-26-15-8-9-18(24)16(12-15)19(21)25/h3-9,12,17,22-24H,10-11,13H2,1-2H3,(H2,21,25)/t17-/m1/s1. The van der Waals surface area contributed by atoms with Crippen molar-refractivity contribution in [2.24, 2.45) is 5.73 Å². The molecule has 0 fully saturated rings. The molecule has 1 atom stereocenters. The van der Waals surface area contributed by atoms with E-state index in [1.807, 2.05) is 44.2 Å². The van der Waals surface area contributed by atoms with Gasteiger partial charge >= 0.3 is 0 Å². The molecule has 0 aliphatic carbocycles. The van der Waals surface area contributed by atoms with E-state index < -0.39 is 12.0 Å². The molecule has 140 valence electrons. The monoisotopic (exact) mass is 358 g/mol. The van der Waals surface area contributed by atoms with Gasteiger partial charge in [-0.15, -0.1) is 0 Å². The first kappa shape index (κ1) is 19.8. The van der Waals surface area contributed by atoms with Crippen LogP contribution < -0.4 is 15.8 Å². The Morgan fingerprint density at radius 3 is 2.58 bits per heavy atom. The van der Waals surface area contributed by atoms with Crippen LogP contribution in [0, 0.1) is 0 Å². The van der Waals surface area contributed by atoms with Gasteiger partial charge in [-0.1, -0.05) is 30.3 Å². The zero-order chi connectivity index (χ0) is 19.2. The summed E-state index contributed by atoms with van der Waals surface area (Å²) in [6, 6.07) is 13.9. The molecule has 0 unspecified atom stereocenters. The fraction of sp³-hybridized carbons (Fsp3) is 0.350. The lowest BCUT2D eigenvalue weighted by Gasteiger charge is -2.27. The number of ether oxygens (including phenoxy) is 1. The summed E-state index contributed by atoms with van der Waals surface area (Å²) in [6.45, 7) is 4.93. The molecular weight excluding hydrogens is 332 g/mol.